The first-order chi connectivity index (χ1) is 24.9. The van der Waals surface area contributed by atoms with Crippen LogP contribution in [0.2, 0.25) is 0 Å². The number of hydrogen-bond donors (Lipinski definition) is 0. The molecule has 0 spiro atoms. The van der Waals surface area contributed by atoms with Crippen molar-refractivity contribution in [2.75, 3.05) is 0 Å². The molecule has 0 radical (unpaired) electrons. The second-order valence-electron chi connectivity index (χ2n) is 11.7. The van der Waals surface area contributed by atoms with Crippen LogP contribution in [0.3, 0.4) is 0 Å². The summed E-state index contributed by atoms with van der Waals surface area (Å²) >= 11 is 0. The number of benzene rings is 1. The van der Waals surface area contributed by atoms with E-state index in [4.69, 9.17) is 0 Å². The zero-order valence-electron chi connectivity index (χ0n) is 30.1. The fourth-order valence-corrected chi connectivity index (χ4v) is 5.46. The van der Waals surface area contributed by atoms with Crippen LogP contribution in [-0.4, -0.2) is 78.2 Å². The van der Waals surface area contributed by atoms with Gasteiger partial charge in [-0.2, -0.15) is 0 Å². The summed E-state index contributed by atoms with van der Waals surface area (Å²) in [6.07, 6.45) is 27.6. The van der Waals surface area contributed by atoms with Gasteiger partial charge in [0.15, 0.2) is 5.78 Å². The zero-order valence-corrected chi connectivity index (χ0v) is 32.5. The second kappa shape index (κ2) is 23.1. The van der Waals surface area contributed by atoms with E-state index in [1.165, 1.54) is 39.5 Å². The van der Waals surface area contributed by atoms with Crippen LogP contribution in [0.15, 0.2) is 147 Å². The third-order valence-electron chi connectivity index (χ3n) is 7.82. The smallest absolute Gasteiger partial charge is 0.875 e. The topological polar surface area (TPSA) is 147 Å². The standard InChI is InChI=1S/C11H12O2.2C9H10BN6.C6H14.Eu/c1-8(12)11(9(2)13)10-6-4-3-5-7-10;2*1-4-11-14(7-1)10(15-8-2-5-12-15)16-9-3-6-13-16;1-3-5-6-4-2;/h3-7,12H,1-2H3;2*1-10H;3-6H2,1-2H3;/q;2*-1;;+3/p-1/b11-8+;;;;. The van der Waals surface area contributed by atoms with E-state index in [9.17, 15) is 9.90 Å². The number of nitrogens with zero attached hydrogens (tertiary/aromatic N) is 12. The molecule has 0 aliphatic carbocycles. The van der Waals surface area contributed by atoms with Crippen LogP contribution < -0.4 is 5.11 Å². The number of Topliss-reactive ketones (excluding diaryl/α,β-unsaturated/α-hetero) is 1. The molecule has 1 aromatic carbocycles. The summed E-state index contributed by atoms with van der Waals surface area (Å²) in [5.74, 6) is -0.364. The predicted octanol–water partition coefficient (Wildman–Crippen LogP) is 3.83. The maximum atomic E-state index is 11.1. The quantitative estimate of drug-likeness (QED) is 0.0828. The Labute approximate surface area is 346 Å². The Morgan fingerprint density at radius 1 is 0.538 bits per heavy atom. The van der Waals surface area contributed by atoms with Crippen LogP contribution in [0.25, 0.3) is 5.57 Å². The largest absolute Gasteiger partial charge is 3.00 e. The van der Waals surface area contributed by atoms with Crippen molar-refractivity contribution in [2.24, 2.45) is 0 Å². The summed E-state index contributed by atoms with van der Waals surface area (Å²) in [4.78, 5) is 11.1. The predicted molar refractivity (Wildman–Crippen MR) is 200 cm³/mol. The van der Waals surface area contributed by atoms with Crippen molar-refractivity contribution < 1.29 is 59.3 Å². The summed E-state index contributed by atoms with van der Waals surface area (Å²) in [6, 6.07) is 20.4. The normalized spacial score (nSPS) is 10.9. The molecule has 0 fully saturated rings. The average Bonchev–Trinajstić information content (AvgIpc) is 3.98. The van der Waals surface area contributed by atoms with Crippen LogP contribution in [0, 0.1) is 49.4 Å². The molecule has 0 unspecified atom stereocenters. The minimum atomic E-state index is -1.12. The Hall–Kier alpha value is -4.60. The molecule has 270 valence electrons. The van der Waals surface area contributed by atoms with E-state index in [1.807, 2.05) is 107 Å². The number of rotatable bonds is 11. The first-order valence-electron chi connectivity index (χ1n) is 17.2. The van der Waals surface area contributed by atoms with Crippen molar-refractivity contribution >= 4 is 25.6 Å². The van der Waals surface area contributed by atoms with E-state index in [0.29, 0.717) is 5.56 Å². The van der Waals surface area contributed by atoms with Crippen molar-refractivity contribution in [3.63, 3.8) is 0 Å². The first kappa shape index (κ1) is 41.8. The number of allylic oxidation sites excluding steroid dienone is 2. The molecular formula is C35H45B2EuN12O2. The van der Waals surface area contributed by atoms with Crippen LogP contribution in [0.5, 0.6) is 0 Å². The Bertz CT molecular complexity index is 1640. The zero-order chi connectivity index (χ0) is 36.3. The van der Waals surface area contributed by atoms with Gasteiger partial charge in [-0.3, -0.25) is 4.79 Å². The fraction of sp³-hybridized carbons (Fsp3) is 0.229. The van der Waals surface area contributed by atoms with E-state index in [1.54, 1.807) is 61.4 Å². The van der Waals surface area contributed by atoms with Gasteiger partial charge in [0.1, 0.15) is 0 Å². The van der Waals surface area contributed by atoms with Gasteiger partial charge in [0.25, 0.3) is 0 Å². The monoisotopic (exact) mass is 840 g/mol. The Morgan fingerprint density at radius 3 is 1.02 bits per heavy atom. The van der Waals surface area contributed by atoms with Crippen LogP contribution >= 0.6 is 0 Å². The van der Waals surface area contributed by atoms with Gasteiger partial charge in [-0.25, -0.2) is 30.6 Å². The first-order valence-corrected chi connectivity index (χ1v) is 17.2. The molecule has 17 heteroatoms. The second-order valence-corrected chi connectivity index (χ2v) is 11.7. The third-order valence-corrected chi connectivity index (χ3v) is 7.82. The van der Waals surface area contributed by atoms with E-state index in [0.717, 1.165) is 0 Å². The van der Waals surface area contributed by atoms with Crippen LogP contribution in [0.4, 0.5) is 0 Å². The molecule has 6 aromatic heterocycles. The van der Waals surface area contributed by atoms with Gasteiger partial charge in [0, 0.05) is 42.8 Å². The third kappa shape index (κ3) is 12.6. The Morgan fingerprint density at radius 2 is 0.827 bits per heavy atom. The summed E-state index contributed by atoms with van der Waals surface area (Å²) < 4.78 is 11.2. The number of unbranched alkanes of at least 4 members (excludes halogenated alkanes) is 3. The maximum absolute atomic E-state index is 11.1. The minimum Gasteiger partial charge on any atom is -0.875 e. The minimum absolute atomic E-state index is 0. The van der Waals surface area contributed by atoms with Gasteiger partial charge in [-0.15, -0.1) is 5.76 Å². The summed E-state index contributed by atoms with van der Waals surface area (Å²) in [5.41, 5.74) is 0.975. The molecule has 52 heavy (non-hydrogen) atoms. The van der Waals surface area contributed by atoms with Gasteiger partial charge >= 0.3 is 63.6 Å². The maximum Gasteiger partial charge on any atom is 3.00 e. The molecule has 0 aliphatic heterocycles. The van der Waals surface area contributed by atoms with Gasteiger partial charge in [0.05, 0.1) is 0 Å². The molecule has 0 atom stereocenters. The van der Waals surface area contributed by atoms with Crippen LogP contribution in [0.1, 0.15) is 58.9 Å². The SMILES string of the molecule is CC(=O)/C(=C(/C)[O-])c1ccccc1.CCCCCC.[Eu+3].c1cnn([BH-](n2cccn2)n2cccn2)c1.c1cnn([BH-](n2cccn2)n2cccn2)c1. The summed E-state index contributed by atoms with van der Waals surface area (Å²) in [7, 11) is -2.25. The number of carbonyl (C=O) groups excluding carboxylic acids is 1. The summed E-state index contributed by atoms with van der Waals surface area (Å²) in [6.45, 7) is 7.28. The number of ketones is 1. The van der Waals surface area contributed by atoms with Crippen LogP contribution in [-0.2, 0) is 4.79 Å². The van der Waals surface area contributed by atoms with Gasteiger partial charge in [-0.1, -0.05) is 76.8 Å². The molecular weight excluding hydrogens is 794 g/mol. The van der Waals surface area contributed by atoms with E-state index in [-0.39, 0.29) is 66.5 Å². The van der Waals surface area contributed by atoms with E-state index >= 15 is 0 Å². The molecule has 14 nitrogen and oxygen atoms in total. The van der Waals surface area contributed by atoms with Crippen molar-refractivity contribution in [3.8, 4) is 0 Å². The van der Waals surface area contributed by atoms with E-state index in [2.05, 4.69) is 44.4 Å². The molecule has 7 aromatic rings. The average molecular weight is 839 g/mol. The number of aromatic nitrogens is 12. The number of carbonyl (C=O) groups is 1. The van der Waals surface area contributed by atoms with Crippen molar-refractivity contribution in [3.05, 3.63) is 152 Å². The molecule has 0 N–H and O–H groups in total. The van der Waals surface area contributed by atoms with Crippen molar-refractivity contribution in [1.82, 2.24) is 58.1 Å². The Kier molecular flexibility index (Phi) is 18.5. The van der Waals surface area contributed by atoms with Gasteiger partial charge in [0.2, 0.25) is 0 Å². The molecule has 0 bridgehead atoms. The van der Waals surface area contributed by atoms with Crippen molar-refractivity contribution in [2.45, 2.75) is 53.4 Å². The summed E-state index contributed by atoms with van der Waals surface area (Å²) in [5, 5.41) is 36.7. The van der Waals surface area contributed by atoms with E-state index < -0.39 is 14.2 Å². The fourth-order valence-electron chi connectivity index (χ4n) is 5.46. The molecule has 0 amide bonds. The molecule has 0 aliphatic rings. The number of hydrogen-bond acceptors (Lipinski definition) is 8. The van der Waals surface area contributed by atoms with Gasteiger partial charge in [-0.05, 0) is 86.1 Å². The molecule has 7 rings (SSSR count). The molecule has 6 heterocycles. The van der Waals surface area contributed by atoms with Crippen molar-refractivity contribution in [1.29, 1.82) is 0 Å². The molecule has 0 saturated carbocycles. The Balaban J connectivity index is 0.000000195. The molecule has 0 saturated heterocycles. The van der Waals surface area contributed by atoms with Gasteiger partial charge < -0.3 is 32.7 Å².